The zero-order valence-corrected chi connectivity index (χ0v) is 15.1. The quantitative estimate of drug-likeness (QED) is 0.740. The molecule has 0 bridgehead atoms. The highest BCUT2D eigenvalue weighted by molar-refractivity contribution is 9.10. The molecule has 1 aromatic heterocycles. The Balaban J connectivity index is 1.83. The first-order valence-corrected chi connectivity index (χ1v) is 9.48. The van der Waals surface area contributed by atoms with Gasteiger partial charge in [-0.2, -0.15) is 0 Å². The second kappa shape index (κ2) is 6.97. The van der Waals surface area contributed by atoms with Crippen LogP contribution in [0, 0.1) is 0 Å². The molecule has 0 radical (unpaired) electrons. The maximum Gasteiger partial charge on any atom is 0.265 e. The van der Waals surface area contributed by atoms with Crippen LogP contribution in [0.5, 0.6) is 0 Å². The normalized spacial score (nSPS) is 17.1. The molecule has 0 fully saturated rings. The van der Waals surface area contributed by atoms with Crippen LogP contribution < -0.4 is 0 Å². The monoisotopic (exact) mass is 377 g/mol. The highest BCUT2D eigenvalue weighted by Gasteiger charge is 2.29. The third kappa shape index (κ3) is 3.13. The predicted molar refractivity (Wildman–Crippen MR) is 95.6 cm³/mol. The lowest BCUT2D eigenvalue weighted by Gasteiger charge is -2.35. The van der Waals surface area contributed by atoms with Gasteiger partial charge in [-0.15, -0.1) is 11.3 Å². The molecule has 0 saturated heterocycles. The van der Waals surface area contributed by atoms with Crippen molar-refractivity contribution >= 4 is 33.2 Å². The lowest BCUT2D eigenvalue weighted by atomic mass is 9.87. The van der Waals surface area contributed by atoms with Crippen molar-refractivity contribution in [3.63, 3.8) is 0 Å². The summed E-state index contributed by atoms with van der Waals surface area (Å²) in [7, 11) is 0. The van der Waals surface area contributed by atoms with Crippen LogP contribution in [-0.4, -0.2) is 23.4 Å². The first kappa shape index (κ1) is 15.8. The van der Waals surface area contributed by atoms with Gasteiger partial charge in [0.1, 0.15) is 4.88 Å². The van der Waals surface area contributed by atoms with Crippen LogP contribution >= 0.6 is 27.3 Å². The van der Waals surface area contributed by atoms with Crippen molar-refractivity contribution in [1.29, 1.82) is 0 Å². The highest BCUT2D eigenvalue weighted by Crippen LogP contribution is 2.29. The van der Waals surface area contributed by atoms with Gasteiger partial charge in [-0.3, -0.25) is 4.79 Å². The number of carbonyl (C=O) groups excluding carboxylic acids is 1. The Hall–Kier alpha value is -1.13. The molecule has 1 unspecified atom stereocenters. The van der Waals surface area contributed by atoms with Crippen LogP contribution in [0.2, 0.25) is 0 Å². The van der Waals surface area contributed by atoms with Gasteiger partial charge in [-0.1, -0.05) is 31.2 Å². The Bertz CT molecular complexity index is 667. The van der Waals surface area contributed by atoms with Crippen LogP contribution in [0.4, 0.5) is 0 Å². The van der Waals surface area contributed by atoms with Crippen LogP contribution in [-0.2, 0) is 12.8 Å². The minimum Gasteiger partial charge on any atom is -0.335 e. The van der Waals surface area contributed by atoms with Gasteiger partial charge >= 0.3 is 0 Å². The Labute approximate surface area is 144 Å². The van der Waals surface area contributed by atoms with Crippen molar-refractivity contribution < 1.29 is 4.79 Å². The molecule has 2 aromatic rings. The molecule has 3 rings (SSSR count). The molecule has 1 atom stereocenters. The number of thiophene rings is 1. The molecule has 0 N–H and O–H groups in total. The van der Waals surface area contributed by atoms with Crippen molar-refractivity contribution in [3.05, 3.63) is 56.2 Å². The average Bonchev–Trinajstić information content (AvgIpc) is 2.97. The molecule has 22 heavy (non-hydrogen) atoms. The average molecular weight is 378 g/mol. The van der Waals surface area contributed by atoms with Crippen molar-refractivity contribution in [2.24, 2.45) is 0 Å². The number of hydrogen-bond donors (Lipinski definition) is 0. The largest absolute Gasteiger partial charge is 0.335 e. The molecule has 1 aromatic carbocycles. The molecular formula is C18H20BrNOS. The van der Waals surface area contributed by atoms with E-state index in [1.165, 1.54) is 22.5 Å². The second-order valence-electron chi connectivity index (χ2n) is 5.76. The maximum absolute atomic E-state index is 12.9. The van der Waals surface area contributed by atoms with E-state index in [9.17, 15) is 4.79 Å². The van der Waals surface area contributed by atoms with Crippen molar-refractivity contribution in [2.75, 3.05) is 6.54 Å². The summed E-state index contributed by atoms with van der Waals surface area (Å²) in [5, 5.41) is 1.97. The molecular weight excluding hydrogens is 358 g/mol. The van der Waals surface area contributed by atoms with Gasteiger partial charge in [0.2, 0.25) is 0 Å². The first-order chi connectivity index (χ1) is 10.7. The molecule has 0 spiro atoms. The van der Waals surface area contributed by atoms with E-state index < -0.39 is 0 Å². The van der Waals surface area contributed by atoms with Crippen molar-refractivity contribution in [1.82, 2.24) is 4.90 Å². The fourth-order valence-electron chi connectivity index (χ4n) is 3.21. The van der Waals surface area contributed by atoms with E-state index >= 15 is 0 Å². The standard InChI is InChI=1S/C18H20BrNOS/c1-2-10-20(18(21)17-16(19)9-11-22-17)15-8-7-13-5-3-4-6-14(13)12-15/h3-6,9,11,15H,2,7-8,10,12H2,1H3. The van der Waals surface area contributed by atoms with Crippen LogP contribution in [0.25, 0.3) is 0 Å². The number of fused-ring (bicyclic) bond motifs is 1. The van der Waals surface area contributed by atoms with Gasteiger partial charge in [-0.25, -0.2) is 0 Å². The summed E-state index contributed by atoms with van der Waals surface area (Å²) in [4.78, 5) is 15.9. The van der Waals surface area contributed by atoms with Gasteiger partial charge in [0, 0.05) is 17.1 Å². The zero-order chi connectivity index (χ0) is 15.5. The van der Waals surface area contributed by atoms with E-state index in [2.05, 4.69) is 52.0 Å². The Morgan fingerprint density at radius 2 is 2.09 bits per heavy atom. The molecule has 0 aliphatic heterocycles. The maximum atomic E-state index is 12.9. The third-order valence-electron chi connectivity index (χ3n) is 4.30. The fraction of sp³-hybridized carbons (Fsp3) is 0.389. The number of benzene rings is 1. The number of carbonyl (C=O) groups is 1. The molecule has 1 amide bonds. The van der Waals surface area contributed by atoms with Crippen LogP contribution in [0.3, 0.4) is 0 Å². The van der Waals surface area contributed by atoms with Gasteiger partial charge in [0.15, 0.2) is 0 Å². The topological polar surface area (TPSA) is 20.3 Å². The molecule has 1 aliphatic carbocycles. The van der Waals surface area contributed by atoms with E-state index in [0.717, 1.165) is 41.6 Å². The lowest BCUT2D eigenvalue weighted by molar-refractivity contribution is 0.0666. The molecule has 1 heterocycles. The number of nitrogens with zero attached hydrogens (tertiary/aromatic N) is 1. The highest BCUT2D eigenvalue weighted by atomic mass is 79.9. The molecule has 0 saturated carbocycles. The van der Waals surface area contributed by atoms with Gasteiger partial charge in [0.05, 0.1) is 0 Å². The molecule has 4 heteroatoms. The SMILES string of the molecule is CCCN(C(=O)c1sccc1Br)C1CCc2ccccc2C1. The summed E-state index contributed by atoms with van der Waals surface area (Å²) < 4.78 is 0.916. The van der Waals surface area contributed by atoms with E-state index in [1.54, 1.807) is 0 Å². The fourth-order valence-corrected chi connectivity index (χ4v) is 4.71. The van der Waals surface area contributed by atoms with Crippen molar-refractivity contribution in [3.8, 4) is 0 Å². The van der Waals surface area contributed by atoms with Crippen LogP contribution in [0.15, 0.2) is 40.2 Å². The number of aryl methyl sites for hydroxylation is 1. The predicted octanol–water partition coefficient (Wildman–Crippen LogP) is 4.92. The number of amides is 1. The summed E-state index contributed by atoms with van der Waals surface area (Å²) in [6.45, 7) is 2.97. The summed E-state index contributed by atoms with van der Waals surface area (Å²) >= 11 is 5.02. The number of halogens is 1. The van der Waals surface area contributed by atoms with Crippen LogP contribution in [0.1, 0.15) is 40.6 Å². The lowest BCUT2D eigenvalue weighted by Crippen LogP contribution is -2.43. The minimum atomic E-state index is 0.174. The smallest absolute Gasteiger partial charge is 0.265 e. The van der Waals surface area contributed by atoms with E-state index in [1.807, 2.05) is 11.4 Å². The molecule has 1 aliphatic rings. The molecule has 2 nitrogen and oxygen atoms in total. The van der Waals surface area contributed by atoms with E-state index in [0.29, 0.717) is 6.04 Å². The first-order valence-electron chi connectivity index (χ1n) is 7.81. The van der Waals surface area contributed by atoms with E-state index in [-0.39, 0.29) is 5.91 Å². The van der Waals surface area contributed by atoms with Gasteiger partial charge in [0.25, 0.3) is 5.91 Å². The summed E-state index contributed by atoms with van der Waals surface area (Å²) in [6.07, 6.45) is 4.10. The Morgan fingerprint density at radius 3 is 2.77 bits per heavy atom. The van der Waals surface area contributed by atoms with Gasteiger partial charge < -0.3 is 4.90 Å². The Kier molecular flexibility index (Phi) is 4.99. The second-order valence-corrected chi connectivity index (χ2v) is 7.53. The number of rotatable bonds is 4. The minimum absolute atomic E-state index is 0.174. The summed E-state index contributed by atoms with van der Waals surface area (Å²) in [5.41, 5.74) is 2.85. The number of hydrogen-bond acceptors (Lipinski definition) is 2. The van der Waals surface area contributed by atoms with Crippen molar-refractivity contribution in [2.45, 2.75) is 38.6 Å². The summed E-state index contributed by atoms with van der Waals surface area (Å²) in [6, 6.07) is 10.9. The Morgan fingerprint density at radius 1 is 1.32 bits per heavy atom. The zero-order valence-electron chi connectivity index (χ0n) is 12.7. The summed E-state index contributed by atoms with van der Waals surface area (Å²) in [5.74, 6) is 0.174. The third-order valence-corrected chi connectivity index (χ3v) is 6.12. The molecule has 116 valence electrons. The van der Waals surface area contributed by atoms with E-state index in [4.69, 9.17) is 0 Å². The van der Waals surface area contributed by atoms with Gasteiger partial charge in [-0.05, 0) is 64.2 Å².